The number of hydrogen-bond acceptors (Lipinski definition) is 5. The minimum Gasteiger partial charge on any atom is -0.352 e. The van der Waals surface area contributed by atoms with Crippen molar-refractivity contribution in [3.63, 3.8) is 0 Å². The first-order valence-electron chi connectivity index (χ1n) is 10.9. The van der Waals surface area contributed by atoms with E-state index in [4.69, 9.17) is 0 Å². The fourth-order valence-corrected chi connectivity index (χ4v) is 3.82. The molecule has 1 aromatic carbocycles. The molecule has 2 amide bonds. The van der Waals surface area contributed by atoms with E-state index >= 15 is 0 Å². The minimum absolute atomic E-state index is 0.0629. The molecule has 1 saturated heterocycles. The third-order valence-corrected chi connectivity index (χ3v) is 5.76. The number of nitrogens with zero attached hydrogens (tertiary/aromatic N) is 4. The summed E-state index contributed by atoms with van der Waals surface area (Å²) in [5.74, 6) is -0.0912. The predicted molar refractivity (Wildman–Crippen MR) is 114 cm³/mol. The van der Waals surface area contributed by atoms with Crippen LogP contribution in [-0.2, 0) is 11.3 Å². The zero-order valence-electron chi connectivity index (χ0n) is 17.5. The Morgan fingerprint density at radius 2 is 1.80 bits per heavy atom. The summed E-state index contributed by atoms with van der Waals surface area (Å²) >= 11 is 0. The van der Waals surface area contributed by atoms with E-state index in [-0.39, 0.29) is 17.4 Å². The molecule has 0 atom stereocenters. The Kier molecular flexibility index (Phi) is 6.13. The molecule has 160 valence electrons. The number of unbranched alkanes of at least 4 members (excludes halogenated alkanes) is 1. The normalized spacial score (nSPS) is 17.3. The van der Waals surface area contributed by atoms with Crippen LogP contribution in [0.2, 0.25) is 0 Å². The van der Waals surface area contributed by atoms with Gasteiger partial charge in [-0.3, -0.25) is 19.3 Å². The van der Waals surface area contributed by atoms with Crippen molar-refractivity contribution in [3.8, 4) is 0 Å². The number of hydrogen-bond donors (Lipinski definition) is 1. The zero-order chi connectivity index (χ0) is 21.1. The molecule has 2 aliphatic rings. The molecule has 4 rings (SSSR count). The third-order valence-electron chi connectivity index (χ3n) is 5.76. The summed E-state index contributed by atoms with van der Waals surface area (Å²) < 4.78 is 1.43. The van der Waals surface area contributed by atoms with Gasteiger partial charge in [-0.2, -0.15) is 5.10 Å². The van der Waals surface area contributed by atoms with Crippen molar-refractivity contribution in [1.82, 2.24) is 24.9 Å². The number of aromatic nitrogens is 2. The molecule has 8 heteroatoms. The maximum atomic E-state index is 13.3. The van der Waals surface area contributed by atoms with E-state index in [1.54, 1.807) is 17.0 Å². The Bertz CT molecular complexity index is 990. The summed E-state index contributed by atoms with van der Waals surface area (Å²) in [6.45, 7) is 5.32. The van der Waals surface area contributed by atoms with Crippen LogP contribution in [0.4, 0.5) is 0 Å². The van der Waals surface area contributed by atoms with Crippen molar-refractivity contribution in [2.24, 2.45) is 0 Å². The van der Waals surface area contributed by atoms with E-state index < -0.39 is 0 Å². The lowest BCUT2D eigenvalue weighted by Crippen LogP contribution is -2.51. The third kappa shape index (κ3) is 4.53. The molecule has 2 fully saturated rings. The molecule has 0 radical (unpaired) electrons. The molecule has 8 nitrogen and oxygen atoms in total. The Hall–Kier alpha value is -2.74. The highest BCUT2D eigenvalue weighted by molar-refractivity contribution is 6.04. The second-order valence-corrected chi connectivity index (χ2v) is 8.19. The Labute approximate surface area is 175 Å². The summed E-state index contributed by atoms with van der Waals surface area (Å²) in [4.78, 5) is 41.9. The van der Waals surface area contributed by atoms with Gasteiger partial charge in [-0.1, -0.05) is 31.5 Å². The molecule has 0 spiro atoms. The lowest BCUT2D eigenvalue weighted by atomic mass is 10.1. The molecule has 2 heterocycles. The molecule has 30 heavy (non-hydrogen) atoms. The minimum atomic E-state index is -0.154. The highest BCUT2D eigenvalue weighted by Crippen LogP contribution is 2.19. The predicted octanol–water partition coefficient (Wildman–Crippen LogP) is 1.23. The number of aryl methyl sites for hydroxylation is 1. The van der Waals surface area contributed by atoms with Crippen LogP contribution in [0.3, 0.4) is 0 Å². The maximum absolute atomic E-state index is 13.3. The first-order valence-corrected chi connectivity index (χ1v) is 10.9. The fourth-order valence-electron chi connectivity index (χ4n) is 3.82. The number of piperazine rings is 1. The van der Waals surface area contributed by atoms with Crippen molar-refractivity contribution in [2.45, 2.75) is 45.2 Å². The van der Waals surface area contributed by atoms with Crippen LogP contribution >= 0.6 is 0 Å². The van der Waals surface area contributed by atoms with Crippen molar-refractivity contribution < 1.29 is 9.59 Å². The molecular formula is C22H29N5O3. The van der Waals surface area contributed by atoms with Crippen LogP contribution in [0.15, 0.2) is 29.1 Å². The molecule has 0 unspecified atom stereocenters. The molecule has 0 bridgehead atoms. The molecule has 2 aromatic rings. The highest BCUT2D eigenvalue weighted by Gasteiger charge is 2.28. The van der Waals surface area contributed by atoms with Gasteiger partial charge in [0.15, 0.2) is 5.69 Å². The molecule has 1 aliphatic heterocycles. The highest BCUT2D eigenvalue weighted by atomic mass is 16.2. The number of carbonyl (C=O) groups excluding carboxylic acids is 2. The summed E-state index contributed by atoms with van der Waals surface area (Å²) in [5, 5.41) is 8.59. The van der Waals surface area contributed by atoms with Crippen molar-refractivity contribution in [2.75, 3.05) is 32.7 Å². The van der Waals surface area contributed by atoms with E-state index in [2.05, 4.69) is 22.2 Å². The summed E-state index contributed by atoms with van der Waals surface area (Å²) in [6.07, 6.45) is 3.94. The lowest BCUT2D eigenvalue weighted by Gasteiger charge is -2.34. The van der Waals surface area contributed by atoms with Crippen LogP contribution in [0.5, 0.6) is 0 Å². The first kappa shape index (κ1) is 20.5. The number of carbonyl (C=O) groups is 2. The van der Waals surface area contributed by atoms with Crippen LogP contribution < -0.4 is 10.9 Å². The van der Waals surface area contributed by atoms with Gasteiger partial charge in [0.05, 0.1) is 11.9 Å². The van der Waals surface area contributed by atoms with E-state index in [9.17, 15) is 14.4 Å². The number of rotatable bonds is 7. The lowest BCUT2D eigenvalue weighted by molar-refractivity contribution is -0.122. The van der Waals surface area contributed by atoms with Gasteiger partial charge in [-0.15, -0.1) is 0 Å². The molecule has 1 aliphatic carbocycles. The average Bonchev–Trinajstić information content (AvgIpc) is 3.57. The SMILES string of the molecule is CCCCn1nc(C(=O)N2CCN(CC(=O)NC3CC3)CC2)c2ccccc2c1=O. The number of nitrogens with one attached hydrogen (secondary N) is 1. The van der Waals surface area contributed by atoms with Crippen LogP contribution in [-0.4, -0.2) is 70.2 Å². The first-order chi connectivity index (χ1) is 14.6. The Balaban J connectivity index is 1.48. The van der Waals surface area contributed by atoms with Gasteiger partial charge in [-0.25, -0.2) is 4.68 Å². The van der Waals surface area contributed by atoms with Crippen molar-refractivity contribution >= 4 is 22.6 Å². The Morgan fingerprint density at radius 1 is 1.10 bits per heavy atom. The number of amides is 2. The fraction of sp³-hybridized carbons (Fsp3) is 0.545. The molecule has 1 N–H and O–H groups in total. The van der Waals surface area contributed by atoms with Gasteiger partial charge in [0.25, 0.3) is 11.5 Å². The van der Waals surface area contributed by atoms with E-state index in [0.29, 0.717) is 61.8 Å². The van der Waals surface area contributed by atoms with Gasteiger partial charge in [0.1, 0.15) is 0 Å². The Morgan fingerprint density at radius 3 is 2.47 bits per heavy atom. The molecule has 1 aromatic heterocycles. The van der Waals surface area contributed by atoms with Gasteiger partial charge in [0, 0.05) is 44.2 Å². The smallest absolute Gasteiger partial charge is 0.275 e. The maximum Gasteiger partial charge on any atom is 0.275 e. The van der Waals surface area contributed by atoms with Gasteiger partial charge in [-0.05, 0) is 25.3 Å². The largest absolute Gasteiger partial charge is 0.352 e. The second-order valence-electron chi connectivity index (χ2n) is 8.19. The van der Waals surface area contributed by atoms with E-state index in [1.807, 2.05) is 12.1 Å². The number of fused-ring (bicyclic) bond motifs is 1. The van der Waals surface area contributed by atoms with Gasteiger partial charge < -0.3 is 10.2 Å². The van der Waals surface area contributed by atoms with Gasteiger partial charge >= 0.3 is 0 Å². The topological polar surface area (TPSA) is 87.5 Å². The average molecular weight is 412 g/mol. The van der Waals surface area contributed by atoms with Gasteiger partial charge in [0.2, 0.25) is 5.91 Å². The van der Waals surface area contributed by atoms with Crippen molar-refractivity contribution in [3.05, 3.63) is 40.3 Å². The quantitative estimate of drug-likeness (QED) is 0.741. The molecular weight excluding hydrogens is 382 g/mol. The number of benzene rings is 1. The van der Waals surface area contributed by atoms with E-state index in [1.165, 1.54) is 4.68 Å². The van der Waals surface area contributed by atoms with Crippen molar-refractivity contribution in [1.29, 1.82) is 0 Å². The summed E-state index contributed by atoms with van der Waals surface area (Å²) in [5.41, 5.74) is 0.184. The van der Waals surface area contributed by atoms with Crippen LogP contribution in [0.25, 0.3) is 10.8 Å². The zero-order valence-corrected chi connectivity index (χ0v) is 17.5. The summed E-state index contributed by atoms with van der Waals surface area (Å²) in [6, 6.07) is 7.55. The van der Waals surface area contributed by atoms with E-state index in [0.717, 1.165) is 25.7 Å². The second kappa shape index (κ2) is 8.95. The van der Waals surface area contributed by atoms with Crippen LogP contribution in [0, 0.1) is 0 Å². The molecule has 1 saturated carbocycles. The van der Waals surface area contributed by atoms with Crippen LogP contribution in [0.1, 0.15) is 43.1 Å². The summed E-state index contributed by atoms with van der Waals surface area (Å²) in [7, 11) is 0. The standard InChI is InChI=1S/C22H29N5O3/c1-2-3-10-27-21(29)18-7-5-4-6-17(18)20(24-27)22(30)26-13-11-25(12-14-26)15-19(28)23-16-8-9-16/h4-7,16H,2-3,8-15H2,1H3,(H,23,28). The monoisotopic (exact) mass is 411 g/mol.